The van der Waals surface area contributed by atoms with Gasteiger partial charge in [-0.05, 0) is 12.1 Å². The Kier molecular flexibility index (Phi) is 3.61. The molecule has 2 aromatic heterocycles. The Morgan fingerprint density at radius 2 is 2.06 bits per heavy atom. The summed E-state index contributed by atoms with van der Waals surface area (Å²) < 4.78 is 1.89. The van der Waals surface area contributed by atoms with Gasteiger partial charge in [-0.15, -0.1) is 0 Å². The molecule has 0 spiro atoms. The Morgan fingerprint density at radius 1 is 1.25 bits per heavy atom. The SMILES string of the molecule is Cn1nccc1CCNCc1ncccn1. The van der Waals surface area contributed by atoms with Crippen LogP contribution in [0.3, 0.4) is 0 Å². The third-order valence-electron chi connectivity index (χ3n) is 2.38. The zero-order valence-electron chi connectivity index (χ0n) is 9.30. The molecule has 0 aliphatic heterocycles. The Bertz CT molecular complexity index is 423. The lowest BCUT2D eigenvalue weighted by atomic mass is 10.3. The van der Waals surface area contributed by atoms with E-state index in [1.54, 1.807) is 12.4 Å². The van der Waals surface area contributed by atoms with Crippen LogP contribution in [0.4, 0.5) is 0 Å². The van der Waals surface area contributed by atoms with Gasteiger partial charge in [0.1, 0.15) is 5.82 Å². The molecule has 0 fully saturated rings. The van der Waals surface area contributed by atoms with Gasteiger partial charge in [0.2, 0.25) is 0 Å². The number of nitrogens with one attached hydrogen (secondary N) is 1. The highest BCUT2D eigenvalue weighted by Gasteiger charge is 1.98. The molecule has 0 bridgehead atoms. The van der Waals surface area contributed by atoms with Crippen molar-refractivity contribution in [2.24, 2.45) is 7.05 Å². The maximum Gasteiger partial charge on any atom is 0.141 e. The smallest absolute Gasteiger partial charge is 0.141 e. The second-order valence-corrected chi connectivity index (χ2v) is 3.54. The molecule has 0 radical (unpaired) electrons. The summed E-state index contributed by atoms with van der Waals surface area (Å²) in [5.74, 6) is 0.826. The quantitative estimate of drug-likeness (QED) is 0.743. The van der Waals surface area contributed by atoms with E-state index in [4.69, 9.17) is 0 Å². The first kappa shape index (κ1) is 10.8. The number of nitrogens with zero attached hydrogens (tertiary/aromatic N) is 4. The number of aryl methyl sites for hydroxylation is 1. The first-order valence-corrected chi connectivity index (χ1v) is 5.30. The monoisotopic (exact) mass is 217 g/mol. The summed E-state index contributed by atoms with van der Waals surface area (Å²) in [5.41, 5.74) is 1.22. The molecule has 0 saturated carbocycles. The molecule has 5 heteroatoms. The van der Waals surface area contributed by atoms with Crippen molar-refractivity contribution in [1.82, 2.24) is 25.1 Å². The largest absolute Gasteiger partial charge is 0.309 e. The molecule has 2 heterocycles. The molecular formula is C11H15N5. The van der Waals surface area contributed by atoms with E-state index in [-0.39, 0.29) is 0 Å². The van der Waals surface area contributed by atoms with E-state index >= 15 is 0 Å². The van der Waals surface area contributed by atoms with E-state index in [0.29, 0.717) is 6.54 Å². The van der Waals surface area contributed by atoms with Crippen LogP contribution in [0.1, 0.15) is 11.5 Å². The summed E-state index contributed by atoms with van der Waals surface area (Å²) in [5, 5.41) is 7.42. The average molecular weight is 217 g/mol. The minimum Gasteiger partial charge on any atom is -0.309 e. The van der Waals surface area contributed by atoms with Crippen LogP contribution in [0, 0.1) is 0 Å². The van der Waals surface area contributed by atoms with E-state index in [2.05, 4.69) is 20.4 Å². The van der Waals surface area contributed by atoms with Gasteiger partial charge in [-0.1, -0.05) is 0 Å². The Balaban J connectivity index is 1.72. The van der Waals surface area contributed by atoms with Crippen molar-refractivity contribution < 1.29 is 0 Å². The van der Waals surface area contributed by atoms with Crippen LogP contribution in [0.15, 0.2) is 30.7 Å². The molecule has 0 aliphatic rings. The van der Waals surface area contributed by atoms with Crippen LogP contribution in [-0.2, 0) is 20.0 Å². The lowest BCUT2D eigenvalue weighted by Crippen LogP contribution is -2.19. The van der Waals surface area contributed by atoms with E-state index in [1.807, 2.05) is 30.1 Å². The summed E-state index contributed by atoms with van der Waals surface area (Å²) >= 11 is 0. The summed E-state index contributed by atoms with van der Waals surface area (Å²) in [4.78, 5) is 8.28. The first-order valence-electron chi connectivity index (χ1n) is 5.30. The molecule has 2 rings (SSSR count). The maximum atomic E-state index is 4.14. The third kappa shape index (κ3) is 2.87. The fraction of sp³-hybridized carbons (Fsp3) is 0.364. The second-order valence-electron chi connectivity index (χ2n) is 3.54. The molecule has 0 saturated heterocycles. The van der Waals surface area contributed by atoms with E-state index < -0.39 is 0 Å². The van der Waals surface area contributed by atoms with E-state index in [1.165, 1.54) is 5.69 Å². The third-order valence-corrected chi connectivity index (χ3v) is 2.38. The van der Waals surface area contributed by atoms with E-state index in [9.17, 15) is 0 Å². The standard InChI is InChI=1S/C11H15N5/c1-16-10(4-8-15-16)3-7-12-9-11-13-5-2-6-14-11/h2,4-6,8,12H,3,7,9H2,1H3. The molecule has 5 nitrogen and oxygen atoms in total. The molecular weight excluding hydrogens is 202 g/mol. The molecule has 0 unspecified atom stereocenters. The minimum atomic E-state index is 0.707. The van der Waals surface area contributed by atoms with Crippen molar-refractivity contribution in [3.63, 3.8) is 0 Å². The summed E-state index contributed by atoms with van der Waals surface area (Å²) in [6.07, 6.45) is 6.29. The van der Waals surface area contributed by atoms with Gasteiger partial charge < -0.3 is 5.32 Å². The summed E-state index contributed by atoms with van der Waals surface area (Å²) in [7, 11) is 1.95. The predicted molar refractivity (Wildman–Crippen MR) is 60.7 cm³/mol. The van der Waals surface area contributed by atoms with Gasteiger partial charge in [-0.2, -0.15) is 5.10 Å². The van der Waals surface area contributed by atoms with Crippen LogP contribution < -0.4 is 5.32 Å². The molecule has 0 aliphatic carbocycles. The lowest BCUT2D eigenvalue weighted by Gasteiger charge is -2.03. The van der Waals surface area contributed by atoms with Crippen molar-refractivity contribution in [1.29, 1.82) is 0 Å². The second kappa shape index (κ2) is 5.37. The van der Waals surface area contributed by atoms with Gasteiger partial charge in [-0.3, -0.25) is 4.68 Å². The number of rotatable bonds is 5. The summed E-state index contributed by atoms with van der Waals surface area (Å²) in [6.45, 7) is 1.61. The fourth-order valence-electron chi connectivity index (χ4n) is 1.48. The molecule has 0 aromatic carbocycles. The van der Waals surface area contributed by atoms with Crippen LogP contribution in [0.2, 0.25) is 0 Å². The van der Waals surface area contributed by atoms with Crippen molar-refractivity contribution in [3.05, 3.63) is 42.2 Å². The van der Waals surface area contributed by atoms with Crippen LogP contribution in [0.25, 0.3) is 0 Å². The number of hydrogen-bond acceptors (Lipinski definition) is 4. The molecule has 84 valence electrons. The Labute approximate surface area is 94.5 Å². The zero-order chi connectivity index (χ0) is 11.2. The highest BCUT2D eigenvalue weighted by molar-refractivity contribution is 5.00. The van der Waals surface area contributed by atoms with Crippen molar-refractivity contribution in [2.45, 2.75) is 13.0 Å². The highest BCUT2D eigenvalue weighted by atomic mass is 15.3. The maximum absolute atomic E-state index is 4.14. The minimum absolute atomic E-state index is 0.707. The summed E-state index contributed by atoms with van der Waals surface area (Å²) in [6, 6.07) is 3.85. The first-order chi connectivity index (χ1) is 7.86. The molecule has 0 amide bonds. The van der Waals surface area contributed by atoms with Gasteiger partial charge in [0.25, 0.3) is 0 Å². The normalized spacial score (nSPS) is 10.6. The van der Waals surface area contributed by atoms with Gasteiger partial charge in [-0.25, -0.2) is 9.97 Å². The molecule has 16 heavy (non-hydrogen) atoms. The molecule has 2 aromatic rings. The number of aromatic nitrogens is 4. The van der Waals surface area contributed by atoms with Crippen molar-refractivity contribution >= 4 is 0 Å². The topological polar surface area (TPSA) is 55.6 Å². The van der Waals surface area contributed by atoms with Crippen LogP contribution in [0.5, 0.6) is 0 Å². The van der Waals surface area contributed by atoms with Gasteiger partial charge >= 0.3 is 0 Å². The zero-order valence-corrected chi connectivity index (χ0v) is 9.30. The van der Waals surface area contributed by atoms with Gasteiger partial charge in [0, 0.05) is 44.3 Å². The van der Waals surface area contributed by atoms with Crippen molar-refractivity contribution in [2.75, 3.05) is 6.54 Å². The van der Waals surface area contributed by atoms with Gasteiger partial charge in [0.05, 0.1) is 6.54 Å². The Morgan fingerprint density at radius 3 is 2.75 bits per heavy atom. The molecule has 1 N–H and O–H groups in total. The highest BCUT2D eigenvalue weighted by Crippen LogP contribution is 1.96. The Hall–Kier alpha value is -1.75. The van der Waals surface area contributed by atoms with Crippen LogP contribution in [-0.4, -0.2) is 26.3 Å². The average Bonchev–Trinajstić information content (AvgIpc) is 2.72. The van der Waals surface area contributed by atoms with Gasteiger partial charge in [0.15, 0.2) is 0 Å². The lowest BCUT2D eigenvalue weighted by molar-refractivity contribution is 0.628. The number of hydrogen-bond donors (Lipinski definition) is 1. The van der Waals surface area contributed by atoms with Crippen molar-refractivity contribution in [3.8, 4) is 0 Å². The fourth-order valence-corrected chi connectivity index (χ4v) is 1.48. The predicted octanol–water partition coefficient (Wildman–Crippen LogP) is 0.542. The van der Waals surface area contributed by atoms with Crippen LogP contribution >= 0.6 is 0 Å². The molecule has 0 atom stereocenters. The van der Waals surface area contributed by atoms with E-state index in [0.717, 1.165) is 18.8 Å².